The average Bonchev–Trinajstić information content (AvgIpc) is 2.73. The predicted octanol–water partition coefficient (Wildman–Crippen LogP) is 1.40. The lowest BCUT2D eigenvalue weighted by Gasteiger charge is -2.21. The van der Waals surface area contributed by atoms with E-state index in [0.29, 0.717) is 23.3 Å². The molecule has 0 aliphatic carbocycles. The summed E-state index contributed by atoms with van der Waals surface area (Å²) >= 11 is 0. The molecular weight excluding hydrogens is 399 g/mol. The molecule has 27 heavy (non-hydrogen) atoms. The van der Waals surface area contributed by atoms with Gasteiger partial charge < -0.3 is 5.32 Å². The number of urea groups is 1. The van der Waals surface area contributed by atoms with Crippen molar-refractivity contribution in [2.45, 2.75) is 18.6 Å². The molecule has 0 radical (unpaired) electrons. The van der Waals surface area contributed by atoms with Crippen LogP contribution in [0.2, 0.25) is 0 Å². The number of nitro groups is 1. The Balaban J connectivity index is 2.45. The quantitative estimate of drug-likeness (QED) is 0.335. The smallest absolute Gasteiger partial charge is 0.321 e. The Kier molecular flexibility index (Phi) is 4.92. The number of halogens is 3. The molecule has 0 saturated carbocycles. The first kappa shape index (κ1) is 20.6. The molecule has 14 heteroatoms. The molecule has 1 aromatic rings. The van der Waals surface area contributed by atoms with Gasteiger partial charge >= 0.3 is 12.2 Å². The number of nitrogens with zero attached hydrogens (tertiary/aromatic N) is 2. The summed E-state index contributed by atoms with van der Waals surface area (Å²) in [5.41, 5.74) is -5.33. The zero-order valence-electron chi connectivity index (χ0n) is 13.7. The normalized spacial score (nSPS) is 20.7. The maximum atomic E-state index is 13.1. The minimum absolute atomic E-state index is 0.290. The molecular formula is C13H12F3N3O7S. The molecule has 0 aromatic heterocycles. The fourth-order valence-electron chi connectivity index (χ4n) is 2.29. The SMILES string of the molecule is CC1(COS(C)(=O)=O)NC(=O)N(c2ccc([N+](=O)[O-])c(C(F)(F)F)c2)C1=O. The molecule has 1 saturated heterocycles. The van der Waals surface area contributed by atoms with Gasteiger partial charge in [0.2, 0.25) is 0 Å². The first-order valence-corrected chi connectivity index (χ1v) is 8.84. The van der Waals surface area contributed by atoms with E-state index in [1.807, 2.05) is 0 Å². The van der Waals surface area contributed by atoms with Crippen LogP contribution in [0.3, 0.4) is 0 Å². The Morgan fingerprint density at radius 2 is 1.93 bits per heavy atom. The number of carbonyl (C=O) groups excluding carboxylic acids is 2. The van der Waals surface area contributed by atoms with Gasteiger partial charge in [0.1, 0.15) is 11.1 Å². The van der Waals surface area contributed by atoms with Crippen LogP contribution < -0.4 is 10.2 Å². The zero-order valence-corrected chi connectivity index (χ0v) is 14.5. The van der Waals surface area contributed by atoms with Crippen LogP contribution in [0.1, 0.15) is 12.5 Å². The predicted molar refractivity (Wildman–Crippen MR) is 83.3 cm³/mol. The third-order valence-corrected chi connectivity index (χ3v) is 4.11. The van der Waals surface area contributed by atoms with Crippen molar-refractivity contribution in [3.63, 3.8) is 0 Å². The molecule has 10 nitrogen and oxygen atoms in total. The van der Waals surface area contributed by atoms with E-state index >= 15 is 0 Å². The van der Waals surface area contributed by atoms with E-state index in [2.05, 4.69) is 9.50 Å². The van der Waals surface area contributed by atoms with Gasteiger partial charge in [-0.1, -0.05) is 0 Å². The summed E-state index contributed by atoms with van der Waals surface area (Å²) in [5.74, 6) is -1.09. The number of benzene rings is 1. The molecule has 0 spiro atoms. The molecule has 0 bridgehead atoms. The Morgan fingerprint density at radius 3 is 2.41 bits per heavy atom. The van der Waals surface area contributed by atoms with Crippen LogP contribution >= 0.6 is 0 Å². The highest BCUT2D eigenvalue weighted by Gasteiger charge is 2.50. The highest BCUT2D eigenvalue weighted by molar-refractivity contribution is 7.85. The van der Waals surface area contributed by atoms with Gasteiger partial charge in [-0.05, 0) is 19.1 Å². The van der Waals surface area contributed by atoms with E-state index < -0.39 is 62.2 Å². The van der Waals surface area contributed by atoms with Gasteiger partial charge in [-0.25, -0.2) is 9.69 Å². The fourth-order valence-corrected chi connectivity index (χ4v) is 2.74. The molecule has 3 amide bonds. The lowest BCUT2D eigenvalue weighted by Crippen LogP contribution is -2.48. The van der Waals surface area contributed by atoms with Crippen molar-refractivity contribution in [3.8, 4) is 0 Å². The van der Waals surface area contributed by atoms with Crippen LogP contribution in [0.15, 0.2) is 18.2 Å². The molecule has 1 N–H and O–H groups in total. The van der Waals surface area contributed by atoms with Crippen LogP contribution in [-0.4, -0.2) is 43.7 Å². The fraction of sp³-hybridized carbons (Fsp3) is 0.385. The summed E-state index contributed by atoms with van der Waals surface area (Å²) in [6, 6.07) is 0.468. The lowest BCUT2D eigenvalue weighted by atomic mass is 10.0. The van der Waals surface area contributed by atoms with Crippen LogP contribution in [0.4, 0.5) is 29.3 Å². The molecule has 1 aliphatic rings. The molecule has 148 valence electrons. The monoisotopic (exact) mass is 411 g/mol. The van der Waals surface area contributed by atoms with Gasteiger partial charge in [-0.3, -0.25) is 19.1 Å². The number of alkyl halides is 3. The van der Waals surface area contributed by atoms with E-state index in [0.717, 1.165) is 13.0 Å². The minimum Gasteiger partial charge on any atom is -0.321 e. The van der Waals surface area contributed by atoms with Gasteiger partial charge in [0.05, 0.1) is 23.5 Å². The maximum Gasteiger partial charge on any atom is 0.423 e. The molecule has 2 rings (SSSR count). The number of nitrogens with one attached hydrogen (secondary N) is 1. The highest BCUT2D eigenvalue weighted by atomic mass is 32.2. The van der Waals surface area contributed by atoms with Crippen molar-refractivity contribution < 1.29 is 40.3 Å². The van der Waals surface area contributed by atoms with E-state index in [1.54, 1.807) is 0 Å². The first-order chi connectivity index (χ1) is 12.2. The number of hydrogen-bond donors (Lipinski definition) is 1. The summed E-state index contributed by atoms with van der Waals surface area (Å²) in [7, 11) is -3.96. The first-order valence-electron chi connectivity index (χ1n) is 7.02. The lowest BCUT2D eigenvalue weighted by molar-refractivity contribution is -0.388. The van der Waals surface area contributed by atoms with Gasteiger partial charge in [-0.2, -0.15) is 21.6 Å². The molecule has 1 aromatic carbocycles. The van der Waals surface area contributed by atoms with Crippen LogP contribution in [0.5, 0.6) is 0 Å². The third-order valence-electron chi connectivity index (χ3n) is 3.56. The number of hydrogen-bond acceptors (Lipinski definition) is 7. The number of imide groups is 1. The van der Waals surface area contributed by atoms with Crippen molar-refractivity contribution in [2.24, 2.45) is 0 Å². The number of nitro benzene ring substituents is 1. The van der Waals surface area contributed by atoms with Crippen molar-refractivity contribution in [3.05, 3.63) is 33.9 Å². The number of anilines is 1. The van der Waals surface area contributed by atoms with Crippen molar-refractivity contribution in [1.29, 1.82) is 0 Å². The van der Waals surface area contributed by atoms with E-state index in [-0.39, 0.29) is 0 Å². The van der Waals surface area contributed by atoms with Crippen molar-refractivity contribution >= 4 is 33.4 Å². The van der Waals surface area contributed by atoms with Gasteiger partial charge in [0.15, 0.2) is 0 Å². The van der Waals surface area contributed by atoms with E-state index in [1.165, 1.54) is 0 Å². The molecule has 1 fully saturated rings. The van der Waals surface area contributed by atoms with Gasteiger partial charge in [0.25, 0.3) is 21.7 Å². The standard InChI is InChI=1S/C13H12F3N3O7S/c1-12(6-26-27(2,24)25)10(20)18(11(21)17-12)7-3-4-9(19(22)23)8(5-7)13(14,15)16/h3-5H,6H2,1-2H3,(H,17,21). The summed E-state index contributed by atoms with van der Waals surface area (Å²) in [4.78, 5) is 34.4. The average molecular weight is 411 g/mol. The van der Waals surface area contributed by atoms with E-state index in [4.69, 9.17) is 0 Å². The zero-order chi connectivity index (χ0) is 20.8. The summed E-state index contributed by atoms with van der Waals surface area (Å²) in [5, 5.41) is 12.9. The minimum atomic E-state index is -5.11. The number of carbonyl (C=O) groups is 2. The Hall–Kier alpha value is -2.74. The second kappa shape index (κ2) is 6.45. The number of rotatable bonds is 5. The Bertz CT molecular complexity index is 932. The van der Waals surface area contributed by atoms with Gasteiger partial charge in [-0.15, -0.1) is 0 Å². The number of amides is 3. The van der Waals surface area contributed by atoms with E-state index in [9.17, 15) is 41.3 Å². The molecule has 1 heterocycles. The van der Waals surface area contributed by atoms with Crippen molar-refractivity contribution in [2.75, 3.05) is 17.8 Å². The summed E-state index contributed by atoms with van der Waals surface area (Å²) < 4.78 is 65.9. The summed E-state index contributed by atoms with van der Waals surface area (Å²) in [6.45, 7) is 0.334. The maximum absolute atomic E-state index is 13.1. The van der Waals surface area contributed by atoms with Crippen LogP contribution in [0, 0.1) is 10.1 Å². The molecule has 1 aliphatic heterocycles. The summed E-state index contributed by atoms with van der Waals surface area (Å²) in [6.07, 6.45) is -4.40. The Labute approximate surface area is 150 Å². The largest absolute Gasteiger partial charge is 0.423 e. The van der Waals surface area contributed by atoms with Gasteiger partial charge in [0, 0.05) is 6.07 Å². The topological polar surface area (TPSA) is 136 Å². The Morgan fingerprint density at radius 1 is 1.33 bits per heavy atom. The molecule has 1 unspecified atom stereocenters. The van der Waals surface area contributed by atoms with Crippen LogP contribution in [0.25, 0.3) is 0 Å². The second-order valence-corrected chi connectivity index (χ2v) is 7.47. The van der Waals surface area contributed by atoms with Crippen LogP contribution in [-0.2, 0) is 25.3 Å². The highest BCUT2D eigenvalue weighted by Crippen LogP contribution is 2.39. The molecule has 1 atom stereocenters. The second-order valence-electron chi connectivity index (χ2n) is 5.83. The van der Waals surface area contributed by atoms with Crippen molar-refractivity contribution in [1.82, 2.24) is 5.32 Å². The third kappa shape index (κ3) is 4.16.